The van der Waals surface area contributed by atoms with E-state index in [-0.39, 0.29) is 28.8 Å². The number of nitrogens with one attached hydrogen (secondary N) is 2. The second-order valence-corrected chi connectivity index (χ2v) is 19.7. The second-order valence-electron chi connectivity index (χ2n) is 18.6. The zero-order chi connectivity index (χ0) is 55.2. The molecule has 3 saturated heterocycles. The maximum absolute atomic E-state index is 14.4. The number of anilines is 3. The molecule has 6 aromatic rings. The first-order valence-corrected chi connectivity index (χ1v) is 25.6. The van der Waals surface area contributed by atoms with Gasteiger partial charge in [0.1, 0.15) is 90.5 Å². The summed E-state index contributed by atoms with van der Waals surface area (Å²) in [4.78, 5) is 41.1. The van der Waals surface area contributed by atoms with Crippen LogP contribution in [0.3, 0.4) is 0 Å². The first-order chi connectivity index (χ1) is 37.5. The molecule has 22 heteroatoms. The Bertz CT molecular complexity index is 3060. The number of thioether (sulfide) groups is 1. The van der Waals surface area contributed by atoms with Crippen LogP contribution >= 0.6 is 11.8 Å². The number of halogens is 3. The smallest absolute Gasteiger partial charge is 0.411 e. The molecule has 9 rings (SSSR count). The summed E-state index contributed by atoms with van der Waals surface area (Å²) in [6.45, 7) is 0.382. The third-order valence-corrected chi connectivity index (χ3v) is 14.7. The van der Waals surface area contributed by atoms with E-state index in [9.17, 15) is 58.2 Å². The average molecular weight is 1100 g/mol. The van der Waals surface area contributed by atoms with Crippen molar-refractivity contribution in [2.45, 2.75) is 85.7 Å². The summed E-state index contributed by atoms with van der Waals surface area (Å²) in [5, 5.41) is 70.7. The largest absolute Gasteiger partial charge is 0.462 e. The van der Waals surface area contributed by atoms with Crippen LogP contribution in [0.25, 0.3) is 11.1 Å². The highest BCUT2D eigenvalue weighted by Gasteiger charge is 2.53. The van der Waals surface area contributed by atoms with Crippen molar-refractivity contribution in [3.63, 3.8) is 0 Å². The van der Waals surface area contributed by atoms with E-state index in [1.165, 1.54) is 72.4 Å². The van der Waals surface area contributed by atoms with E-state index in [1.807, 2.05) is 55.5 Å². The van der Waals surface area contributed by atoms with Gasteiger partial charge in [-0.3, -0.25) is 15.4 Å². The number of benzene rings is 6. The van der Waals surface area contributed by atoms with Gasteiger partial charge in [-0.1, -0.05) is 84.9 Å². The van der Waals surface area contributed by atoms with Crippen molar-refractivity contribution in [2.75, 3.05) is 34.5 Å². The average Bonchev–Trinajstić information content (AvgIpc) is 3.63. The number of para-hydroxylation sites is 3. The van der Waals surface area contributed by atoms with E-state index in [0.717, 1.165) is 28.8 Å². The fraction of sp³-hybridized carbons (Fsp3) is 0.304. The summed E-state index contributed by atoms with van der Waals surface area (Å²) in [7, 11) is 0. The summed E-state index contributed by atoms with van der Waals surface area (Å²) in [6, 6.07) is 37.2. The molecule has 3 heterocycles. The zero-order valence-corrected chi connectivity index (χ0v) is 42.1. The number of aliphatic hydroxyl groups excluding tert-OH is 6. The van der Waals surface area contributed by atoms with Gasteiger partial charge in [0.25, 0.3) is 0 Å². The van der Waals surface area contributed by atoms with E-state index < -0.39 is 122 Å². The highest BCUT2D eigenvalue weighted by molar-refractivity contribution is 8.00. The Kier molecular flexibility index (Phi) is 17.6. The molecule has 0 spiro atoms. The zero-order valence-electron chi connectivity index (χ0n) is 41.3. The minimum Gasteiger partial charge on any atom is -0.462 e. The fourth-order valence-corrected chi connectivity index (χ4v) is 10.5. The molecule has 78 heavy (non-hydrogen) atoms. The summed E-state index contributed by atoms with van der Waals surface area (Å²) in [6.07, 6.45) is -21.6. The lowest BCUT2D eigenvalue weighted by atomic mass is 9.88. The van der Waals surface area contributed by atoms with Gasteiger partial charge in [-0.15, -0.1) is 11.8 Å². The highest BCUT2D eigenvalue weighted by Crippen LogP contribution is 2.47. The first-order valence-electron chi connectivity index (χ1n) is 24.6. The van der Waals surface area contributed by atoms with Crippen LogP contribution in [0, 0.1) is 24.4 Å². The predicted octanol–water partition coefficient (Wildman–Crippen LogP) is 6.52. The number of nitrogens with zero attached hydrogens (tertiary/aromatic N) is 1. The number of aryl methyl sites for hydroxylation is 1. The monoisotopic (exact) mass is 1100 g/mol. The molecular weight excluding hydrogens is 1040 g/mol. The molecule has 18 nitrogen and oxygen atoms in total. The molecule has 13 atom stereocenters. The Morgan fingerprint density at radius 3 is 1.88 bits per heavy atom. The van der Waals surface area contributed by atoms with E-state index in [2.05, 4.69) is 10.6 Å². The van der Waals surface area contributed by atoms with E-state index >= 15 is 0 Å². The minimum absolute atomic E-state index is 0.134. The number of carbonyl (C=O) groups excluding carboxylic acids is 3. The number of aliphatic hydroxyl groups is 6. The van der Waals surface area contributed by atoms with Crippen LogP contribution in [0.5, 0.6) is 5.75 Å². The molecule has 6 aromatic carbocycles. The molecule has 0 aromatic heterocycles. The lowest BCUT2D eigenvalue weighted by molar-refractivity contribution is -0.352. The number of β-lactam (4-membered cyclic amide) rings is 1. The summed E-state index contributed by atoms with van der Waals surface area (Å²) in [5.41, 5.74) is 3.84. The number of rotatable bonds is 17. The minimum atomic E-state index is -2.03. The van der Waals surface area contributed by atoms with Crippen LogP contribution in [0.15, 0.2) is 146 Å². The molecule has 410 valence electrons. The van der Waals surface area contributed by atoms with Crippen molar-refractivity contribution in [1.82, 2.24) is 0 Å². The fourth-order valence-electron chi connectivity index (χ4n) is 9.21. The molecule has 8 N–H and O–H groups in total. The number of hydrogen-bond acceptors (Lipinski definition) is 16. The summed E-state index contributed by atoms with van der Waals surface area (Å²) < 4.78 is 76.6. The predicted molar refractivity (Wildman–Crippen MR) is 276 cm³/mol. The Balaban J connectivity index is 0.909. The van der Waals surface area contributed by atoms with Gasteiger partial charge in [-0.25, -0.2) is 22.8 Å². The molecule has 0 radical (unpaired) electrons. The Morgan fingerprint density at radius 1 is 0.654 bits per heavy atom. The third kappa shape index (κ3) is 12.6. The molecule has 3 aliphatic heterocycles. The standard InChI is InChI=1S/C56H54F3N3O15S/c1-29-24-32(20-23-36(29)44-51(52(69)62(44)34-11-3-2-4-12-34)78-28-41(63)30-18-21-33(57)22-19-30)31-10-9-13-35(25-31)74-53-49(68)47(66)50(43(76-53)27-73-56(71)61-40-17-8-6-15-38(40)59)77-54-48(67)46(65)45(64)42(75-54)26-72-55(70)60-39-16-7-5-14-37(39)58/h2-25,41-51,53-54,63-68H,26-28H2,1H3,(H,60,70)(H,61,71)/t41-,42?,43?,44+,45+,46-,47+,48?,49?,50+,51+,53+,54-/m0/s1. The topological polar surface area (TPSA) is 255 Å². The van der Waals surface area contributed by atoms with E-state index in [1.54, 1.807) is 29.2 Å². The van der Waals surface area contributed by atoms with Crippen molar-refractivity contribution in [2.24, 2.45) is 0 Å². The maximum Gasteiger partial charge on any atom is 0.411 e. The number of carbonyl (C=O) groups is 3. The molecule has 3 aliphatic rings. The van der Waals surface area contributed by atoms with Gasteiger partial charge < -0.3 is 64.0 Å². The van der Waals surface area contributed by atoms with Crippen molar-refractivity contribution in [1.29, 1.82) is 0 Å². The number of ether oxygens (including phenoxy) is 6. The summed E-state index contributed by atoms with van der Waals surface area (Å²) >= 11 is 1.31. The summed E-state index contributed by atoms with van der Waals surface area (Å²) in [5.74, 6) is -1.78. The molecule has 4 unspecified atom stereocenters. The van der Waals surface area contributed by atoms with Gasteiger partial charge in [0.2, 0.25) is 12.2 Å². The molecule has 3 amide bonds. The first kappa shape index (κ1) is 55.7. The van der Waals surface area contributed by atoms with Crippen LogP contribution in [0.1, 0.15) is 28.8 Å². The molecular formula is C56H54F3N3O15S. The normalized spacial score (nSPS) is 26.3. The Hall–Kier alpha value is -7.09. The van der Waals surface area contributed by atoms with Crippen molar-refractivity contribution in [3.8, 4) is 16.9 Å². The quantitative estimate of drug-likeness (QED) is 0.0453. The SMILES string of the molecule is Cc1cc(-c2cccc(O[C@@H]3OC(COC(=O)Nc4ccccc4F)[C@@H](O[C@@H]4OC(COC(=O)Nc5ccccc5F)[C@@H](O)[C@H](O)C4O)[C@H](O)C3O)c2)ccc1[C@@H]1[C@@H](SC[C@H](O)c2ccc(F)cc2)C(=O)N1c1ccccc1. The lowest BCUT2D eigenvalue weighted by Gasteiger charge is -2.47. The van der Waals surface area contributed by atoms with Crippen LogP contribution in [0.4, 0.5) is 39.8 Å². The van der Waals surface area contributed by atoms with Gasteiger partial charge in [0.15, 0.2) is 6.29 Å². The molecule has 3 fully saturated rings. The van der Waals surface area contributed by atoms with Gasteiger partial charge in [-0.2, -0.15) is 0 Å². The van der Waals surface area contributed by atoms with Crippen molar-refractivity contribution in [3.05, 3.63) is 180 Å². The molecule has 0 saturated carbocycles. The van der Waals surface area contributed by atoms with Gasteiger partial charge in [-0.05, 0) is 95.4 Å². The maximum atomic E-state index is 14.4. The number of amides is 3. The van der Waals surface area contributed by atoms with E-state index in [0.29, 0.717) is 16.8 Å². The van der Waals surface area contributed by atoms with Gasteiger partial charge in [0, 0.05) is 11.4 Å². The van der Waals surface area contributed by atoms with Crippen molar-refractivity contribution >= 4 is 46.9 Å². The Labute approximate surface area is 448 Å². The van der Waals surface area contributed by atoms with Gasteiger partial charge >= 0.3 is 12.2 Å². The number of hydrogen-bond donors (Lipinski definition) is 8. The van der Waals surface area contributed by atoms with Crippen LogP contribution in [0.2, 0.25) is 0 Å². The van der Waals surface area contributed by atoms with Crippen molar-refractivity contribution < 1.29 is 86.6 Å². The highest BCUT2D eigenvalue weighted by atomic mass is 32.2. The van der Waals surface area contributed by atoms with E-state index in [4.69, 9.17) is 28.4 Å². The van der Waals surface area contributed by atoms with Crippen LogP contribution < -0.4 is 20.3 Å². The Morgan fingerprint density at radius 2 is 1.24 bits per heavy atom. The lowest BCUT2D eigenvalue weighted by Crippen LogP contribution is -2.65. The van der Waals surface area contributed by atoms with Crippen LogP contribution in [-0.4, -0.2) is 134 Å². The van der Waals surface area contributed by atoms with Gasteiger partial charge in [0.05, 0.1) is 23.5 Å². The van der Waals surface area contributed by atoms with Crippen LogP contribution in [-0.2, 0) is 28.5 Å². The molecule has 0 aliphatic carbocycles. The second kappa shape index (κ2) is 24.7. The molecule has 0 bridgehead atoms. The third-order valence-electron chi connectivity index (χ3n) is 13.4.